The van der Waals surface area contributed by atoms with Crippen LogP contribution in [0, 0.1) is 0 Å². The number of ether oxygens (including phenoxy) is 1. The van der Waals surface area contributed by atoms with Crippen molar-refractivity contribution in [2.75, 3.05) is 6.61 Å². The number of hydrogen-bond acceptors (Lipinski definition) is 3. The molecular formula is C16H18N2O2. The zero-order valence-corrected chi connectivity index (χ0v) is 11.5. The van der Waals surface area contributed by atoms with Crippen LogP contribution < -0.4 is 5.32 Å². The lowest BCUT2D eigenvalue weighted by atomic mass is 10.1. The summed E-state index contributed by atoms with van der Waals surface area (Å²) in [5.41, 5.74) is 3.51. The Hall–Kier alpha value is -2.07. The molecule has 1 atom stereocenters. The van der Waals surface area contributed by atoms with Crippen LogP contribution in [0.3, 0.4) is 0 Å². The average Bonchev–Trinajstić information content (AvgIpc) is 2.88. The third-order valence-corrected chi connectivity index (χ3v) is 3.60. The number of nitrogens with one attached hydrogen (secondary N) is 1. The number of carbonyl (C=O) groups excluding carboxylic acids is 1. The van der Waals surface area contributed by atoms with Crippen molar-refractivity contribution in [3.63, 3.8) is 0 Å². The van der Waals surface area contributed by atoms with E-state index in [0.29, 0.717) is 13.0 Å². The van der Waals surface area contributed by atoms with Crippen LogP contribution in [-0.4, -0.2) is 17.1 Å². The summed E-state index contributed by atoms with van der Waals surface area (Å²) in [4.78, 5) is 11.8. The molecule has 20 heavy (non-hydrogen) atoms. The molecule has 1 aromatic heterocycles. The highest BCUT2D eigenvalue weighted by Gasteiger charge is 2.23. The van der Waals surface area contributed by atoms with Gasteiger partial charge in [0, 0.05) is 24.1 Å². The van der Waals surface area contributed by atoms with Gasteiger partial charge in [-0.25, -0.2) is 0 Å². The molecule has 2 heterocycles. The number of para-hydroxylation sites is 1. The Kier molecular flexibility index (Phi) is 3.56. The SMILES string of the molecule is CCOC(=O)C[C@H]1NCc2ccccc2-n2cccc21. The van der Waals surface area contributed by atoms with Crippen LogP contribution in [-0.2, 0) is 16.1 Å². The van der Waals surface area contributed by atoms with E-state index >= 15 is 0 Å². The molecule has 104 valence electrons. The largest absolute Gasteiger partial charge is 0.466 e. The van der Waals surface area contributed by atoms with Crippen molar-refractivity contribution < 1.29 is 9.53 Å². The van der Waals surface area contributed by atoms with E-state index in [1.54, 1.807) is 0 Å². The minimum absolute atomic E-state index is 0.0172. The van der Waals surface area contributed by atoms with Gasteiger partial charge in [-0.1, -0.05) is 18.2 Å². The summed E-state index contributed by atoms with van der Waals surface area (Å²) < 4.78 is 7.22. The second-order valence-electron chi connectivity index (χ2n) is 4.87. The second-order valence-corrected chi connectivity index (χ2v) is 4.87. The van der Waals surface area contributed by atoms with Gasteiger partial charge in [-0.3, -0.25) is 4.79 Å². The summed E-state index contributed by atoms with van der Waals surface area (Å²) in [6, 6.07) is 12.3. The van der Waals surface area contributed by atoms with Gasteiger partial charge >= 0.3 is 5.97 Å². The molecule has 1 aliphatic rings. The van der Waals surface area contributed by atoms with Gasteiger partial charge in [0.15, 0.2) is 0 Å². The van der Waals surface area contributed by atoms with E-state index in [4.69, 9.17) is 4.74 Å². The molecule has 2 aromatic rings. The predicted molar refractivity (Wildman–Crippen MR) is 76.6 cm³/mol. The summed E-state index contributed by atoms with van der Waals surface area (Å²) >= 11 is 0. The van der Waals surface area contributed by atoms with Gasteiger partial charge in [0.1, 0.15) is 0 Å². The fourth-order valence-corrected chi connectivity index (χ4v) is 2.69. The molecule has 0 radical (unpaired) electrons. The highest BCUT2D eigenvalue weighted by molar-refractivity contribution is 5.70. The molecule has 3 rings (SSSR count). The Morgan fingerprint density at radius 3 is 3.05 bits per heavy atom. The fourth-order valence-electron chi connectivity index (χ4n) is 2.69. The number of aromatic nitrogens is 1. The lowest BCUT2D eigenvalue weighted by Crippen LogP contribution is -2.24. The maximum absolute atomic E-state index is 11.8. The van der Waals surface area contributed by atoms with E-state index in [-0.39, 0.29) is 12.0 Å². The summed E-state index contributed by atoms with van der Waals surface area (Å²) in [5, 5.41) is 3.45. The van der Waals surface area contributed by atoms with Crippen LogP contribution in [0.1, 0.15) is 30.6 Å². The Morgan fingerprint density at radius 2 is 2.20 bits per heavy atom. The smallest absolute Gasteiger partial charge is 0.307 e. The van der Waals surface area contributed by atoms with Crippen LogP contribution in [0.4, 0.5) is 0 Å². The summed E-state index contributed by atoms with van der Waals surface area (Å²) in [6.07, 6.45) is 2.39. The molecule has 1 aromatic carbocycles. The number of hydrogen-bond donors (Lipinski definition) is 1. The molecule has 4 heteroatoms. The van der Waals surface area contributed by atoms with Gasteiger partial charge in [0.05, 0.1) is 19.1 Å². The second kappa shape index (κ2) is 5.51. The third kappa shape index (κ3) is 2.34. The number of fused-ring (bicyclic) bond motifs is 3. The van der Waals surface area contributed by atoms with Gasteiger partial charge in [0.25, 0.3) is 0 Å². The molecule has 0 bridgehead atoms. The van der Waals surface area contributed by atoms with E-state index in [1.807, 2.05) is 31.3 Å². The monoisotopic (exact) mass is 270 g/mol. The molecule has 0 amide bonds. The molecule has 1 aliphatic heterocycles. The van der Waals surface area contributed by atoms with Crippen LogP contribution in [0.25, 0.3) is 5.69 Å². The van der Waals surface area contributed by atoms with Crippen molar-refractivity contribution in [1.82, 2.24) is 9.88 Å². The fraction of sp³-hybridized carbons (Fsp3) is 0.312. The zero-order chi connectivity index (χ0) is 13.9. The van der Waals surface area contributed by atoms with Crippen LogP contribution >= 0.6 is 0 Å². The molecular weight excluding hydrogens is 252 g/mol. The number of nitrogens with zero attached hydrogens (tertiary/aromatic N) is 1. The summed E-state index contributed by atoms with van der Waals surface area (Å²) in [7, 11) is 0. The van der Waals surface area contributed by atoms with E-state index < -0.39 is 0 Å². The lowest BCUT2D eigenvalue weighted by molar-refractivity contribution is -0.143. The zero-order valence-electron chi connectivity index (χ0n) is 11.5. The molecule has 0 spiro atoms. The topological polar surface area (TPSA) is 43.3 Å². The molecule has 1 N–H and O–H groups in total. The highest BCUT2D eigenvalue weighted by atomic mass is 16.5. The predicted octanol–water partition coefficient (Wildman–Crippen LogP) is 2.57. The normalized spacial score (nSPS) is 16.9. The van der Waals surface area contributed by atoms with Gasteiger partial charge in [-0.2, -0.15) is 0 Å². The van der Waals surface area contributed by atoms with Gasteiger partial charge in [-0.15, -0.1) is 0 Å². The highest BCUT2D eigenvalue weighted by Crippen LogP contribution is 2.28. The van der Waals surface area contributed by atoms with Crippen molar-refractivity contribution in [3.05, 3.63) is 53.9 Å². The molecule has 0 fully saturated rings. The maximum atomic E-state index is 11.8. The van der Waals surface area contributed by atoms with Crippen molar-refractivity contribution in [2.45, 2.75) is 25.9 Å². The van der Waals surface area contributed by atoms with Gasteiger partial charge in [-0.05, 0) is 30.7 Å². The van der Waals surface area contributed by atoms with Gasteiger partial charge < -0.3 is 14.6 Å². The Bertz CT molecular complexity index is 618. The first-order chi connectivity index (χ1) is 9.79. The molecule has 0 saturated carbocycles. The summed E-state index contributed by atoms with van der Waals surface area (Å²) in [5.74, 6) is -0.163. The van der Waals surface area contributed by atoms with Crippen LogP contribution in [0.2, 0.25) is 0 Å². The van der Waals surface area contributed by atoms with Crippen LogP contribution in [0.15, 0.2) is 42.6 Å². The first kappa shape index (κ1) is 12.9. The van der Waals surface area contributed by atoms with Crippen molar-refractivity contribution in [1.29, 1.82) is 0 Å². The number of rotatable bonds is 3. The van der Waals surface area contributed by atoms with Crippen molar-refractivity contribution in [3.8, 4) is 5.69 Å². The molecule has 0 aliphatic carbocycles. The van der Waals surface area contributed by atoms with Crippen molar-refractivity contribution in [2.24, 2.45) is 0 Å². The molecule has 0 unspecified atom stereocenters. The van der Waals surface area contributed by atoms with E-state index in [0.717, 1.165) is 12.2 Å². The number of benzene rings is 1. The third-order valence-electron chi connectivity index (χ3n) is 3.60. The quantitative estimate of drug-likeness (QED) is 0.872. The Labute approximate surface area is 118 Å². The summed E-state index contributed by atoms with van der Waals surface area (Å²) in [6.45, 7) is 3.01. The average molecular weight is 270 g/mol. The lowest BCUT2D eigenvalue weighted by Gasteiger charge is -2.16. The minimum Gasteiger partial charge on any atom is -0.466 e. The maximum Gasteiger partial charge on any atom is 0.307 e. The van der Waals surface area contributed by atoms with E-state index in [2.05, 4.69) is 28.1 Å². The molecule has 4 nitrogen and oxygen atoms in total. The first-order valence-electron chi connectivity index (χ1n) is 6.94. The minimum atomic E-state index is -0.163. The molecule has 0 saturated heterocycles. The Morgan fingerprint density at radius 1 is 1.35 bits per heavy atom. The Balaban J connectivity index is 1.93. The van der Waals surface area contributed by atoms with Crippen molar-refractivity contribution >= 4 is 5.97 Å². The standard InChI is InChI=1S/C16H18N2O2/c1-2-20-16(19)10-13-15-8-5-9-18(15)14-7-4-3-6-12(14)11-17-13/h3-9,13,17H,2,10-11H2,1H3/t13-/m1/s1. The number of esters is 1. The van der Waals surface area contributed by atoms with Crippen LogP contribution in [0.5, 0.6) is 0 Å². The van der Waals surface area contributed by atoms with E-state index in [1.165, 1.54) is 11.3 Å². The van der Waals surface area contributed by atoms with E-state index in [9.17, 15) is 4.79 Å². The first-order valence-corrected chi connectivity index (χ1v) is 6.94. The van der Waals surface area contributed by atoms with Gasteiger partial charge in [0.2, 0.25) is 0 Å². The number of carbonyl (C=O) groups is 1.